The zero-order valence-electron chi connectivity index (χ0n) is 9.59. The lowest BCUT2D eigenvalue weighted by atomic mass is 9.78. The number of alkyl halides is 2. The lowest BCUT2D eigenvalue weighted by molar-refractivity contribution is -0.139. The van der Waals surface area contributed by atoms with E-state index in [1.54, 1.807) is 0 Å². The molecule has 0 spiro atoms. The van der Waals surface area contributed by atoms with Crippen molar-refractivity contribution in [1.29, 1.82) is 0 Å². The third-order valence-electron chi connectivity index (χ3n) is 2.66. The number of rotatable bonds is 4. The van der Waals surface area contributed by atoms with Crippen LogP contribution in [-0.4, -0.2) is 45.8 Å². The fraction of sp³-hybridized carbons (Fsp3) is 0.200. The second kappa shape index (κ2) is 4.72. The summed E-state index contributed by atoms with van der Waals surface area (Å²) in [6.45, 7) is 0. The molecule has 0 radical (unpaired) electrons. The lowest BCUT2D eigenvalue weighted by Gasteiger charge is -2.30. The molecule has 0 saturated heterocycles. The van der Waals surface area contributed by atoms with Crippen molar-refractivity contribution in [2.24, 2.45) is 11.5 Å². The summed E-state index contributed by atoms with van der Waals surface area (Å²) in [7, 11) is 0. The number of hydrogen-bond donors (Lipinski definition) is 4. The van der Waals surface area contributed by atoms with Gasteiger partial charge < -0.3 is 21.7 Å². The van der Waals surface area contributed by atoms with Crippen molar-refractivity contribution >= 4 is 23.8 Å². The van der Waals surface area contributed by atoms with Crippen LogP contribution < -0.4 is 11.5 Å². The van der Waals surface area contributed by atoms with Crippen molar-refractivity contribution in [1.82, 2.24) is 0 Å². The van der Waals surface area contributed by atoms with Crippen LogP contribution in [0.1, 0.15) is 0 Å². The smallest absolute Gasteiger partial charge is 0.336 e. The van der Waals surface area contributed by atoms with Crippen LogP contribution in [0.15, 0.2) is 22.8 Å². The average molecular weight is 290 g/mol. The van der Waals surface area contributed by atoms with Crippen LogP contribution in [0.2, 0.25) is 0 Å². The molecule has 2 amide bonds. The third-order valence-corrected chi connectivity index (χ3v) is 2.66. The normalized spacial score (nSPS) is 25.9. The monoisotopic (exact) mass is 290 g/mol. The van der Waals surface area contributed by atoms with E-state index in [1.807, 2.05) is 0 Å². The van der Waals surface area contributed by atoms with Gasteiger partial charge in [0.25, 0.3) is 11.6 Å². The van der Waals surface area contributed by atoms with E-state index in [2.05, 4.69) is 5.73 Å². The highest BCUT2D eigenvalue weighted by Gasteiger charge is 2.57. The number of amides is 2. The predicted molar refractivity (Wildman–Crippen MR) is 57.5 cm³/mol. The van der Waals surface area contributed by atoms with E-state index in [0.29, 0.717) is 0 Å². The first-order chi connectivity index (χ1) is 9.05. The zero-order valence-corrected chi connectivity index (χ0v) is 9.59. The quantitative estimate of drug-likeness (QED) is 0.488. The Kier molecular flexibility index (Phi) is 3.60. The zero-order chi connectivity index (χ0) is 15.8. The maximum Gasteiger partial charge on any atom is 0.336 e. The van der Waals surface area contributed by atoms with E-state index in [9.17, 15) is 28.0 Å². The van der Waals surface area contributed by atoms with Crippen molar-refractivity contribution in [2.45, 2.75) is 11.8 Å². The van der Waals surface area contributed by atoms with Crippen molar-refractivity contribution in [3.63, 3.8) is 0 Å². The summed E-state index contributed by atoms with van der Waals surface area (Å²) >= 11 is 0. The minimum atomic E-state index is -3.85. The van der Waals surface area contributed by atoms with Gasteiger partial charge in [0.1, 0.15) is 0 Å². The molecule has 0 saturated carbocycles. The molecule has 0 aromatic carbocycles. The molecule has 1 rings (SSSR count). The van der Waals surface area contributed by atoms with Crippen LogP contribution >= 0.6 is 0 Å². The van der Waals surface area contributed by atoms with Gasteiger partial charge in [-0.15, -0.1) is 0 Å². The molecule has 0 heterocycles. The minimum Gasteiger partial charge on any atom is -0.478 e. The van der Waals surface area contributed by atoms with Crippen molar-refractivity contribution in [3.8, 4) is 0 Å². The van der Waals surface area contributed by atoms with Crippen LogP contribution in [0.4, 0.5) is 8.78 Å². The number of carbonyl (C=O) groups excluding carboxylic acids is 2. The summed E-state index contributed by atoms with van der Waals surface area (Å²) < 4.78 is 28.3. The van der Waals surface area contributed by atoms with Gasteiger partial charge in [0, 0.05) is 0 Å². The van der Waals surface area contributed by atoms with Gasteiger partial charge in [-0.05, 0) is 6.08 Å². The SMILES string of the molecule is NC(=O)C1=CC(C(=O)O)=C(C(=O)O)C(F)C1(F)C(N)=O. The Morgan fingerprint density at radius 2 is 1.65 bits per heavy atom. The van der Waals surface area contributed by atoms with Crippen LogP contribution in [-0.2, 0) is 19.2 Å². The Hall–Kier alpha value is -2.78. The highest BCUT2D eigenvalue weighted by atomic mass is 19.2. The van der Waals surface area contributed by atoms with Crippen LogP contribution in [0.25, 0.3) is 0 Å². The van der Waals surface area contributed by atoms with E-state index in [1.165, 1.54) is 0 Å². The molecule has 0 bridgehead atoms. The molecule has 2 unspecified atom stereocenters. The average Bonchev–Trinajstić information content (AvgIpc) is 2.30. The number of carbonyl (C=O) groups is 4. The van der Waals surface area contributed by atoms with Gasteiger partial charge in [0.05, 0.1) is 16.7 Å². The summed E-state index contributed by atoms with van der Waals surface area (Å²) in [5.74, 6) is -7.69. The molecule has 6 N–H and O–H groups in total. The van der Waals surface area contributed by atoms with Crippen LogP contribution in [0, 0.1) is 0 Å². The molecule has 1 aliphatic carbocycles. The molecule has 108 valence electrons. The lowest BCUT2D eigenvalue weighted by Crippen LogP contribution is -2.55. The van der Waals surface area contributed by atoms with Gasteiger partial charge >= 0.3 is 11.9 Å². The van der Waals surface area contributed by atoms with Crippen LogP contribution in [0.5, 0.6) is 0 Å². The van der Waals surface area contributed by atoms with Gasteiger partial charge in [-0.2, -0.15) is 0 Å². The van der Waals surface area contributed by atoms with Crippen LogP contribution in [0.3, 0.4) is 0 Å². The Balaban J connectivity index is 3.75. The van der Waals surface area contributed by atoms with E-state index >= 15 is 0 Å². The van der Waals surface area contributed by atoms with Gasteiger partial charge in [0.15, 0.2) is 6.17 Å². The summed E-state index contributed by atoms with van der Waals surface area (Å²) in [5, 5.41) is 17.5. The standard InChI is InChI=1S/C10H8F2N2O6/c11-5-4(8(18)19)2(7(16)17)1-3(6(13)15)10(5,12)9(14)20/h1,5H,(H2,13,15)(H2,14,20)(H,16,17)(H,18,19). The first-order valence-electron chi connectivity index (χ1n) is 4.90. The first kappa shape index (κ1) is 15.3. The maximum absolute atomic E-state index is 14.3. The molecule has 0 aliphatic heterocycles. The third kappa shape index (κ3) is 2.00. The molecule has 10 heteroatoms. The van der Waals surface area contributed by atoms with Gasteiger partial charge in [-0.25, -0.2) is 18.4 Å². The Bertz CT molecular complexity index is 597. The van der Waals surface area contributed by atoms with E-state index in [-0.39, 0.29) is 6.08 Å². The molecule has 0 aromatic heterocycles. The molecule has 1 aliphatic rings. The Morgan fingerprint density at radius 3 is 1.95 bits per heavy atom. The largest absolute Gasteiger partial charge is 0.478 e. The number of hydrogen-bond acceptors (Lipinski definition) is 4. The van der Waals surface area contributed by atoms with Gasteiger partial charge in [-0.3, -0.25) is 9.59 Å². The van der Waals surface area contributed by atoms with Crippen molar-refractivity contribution in [3.05, 3.63) is 22.8 Å². The number of primary amides is 2. The Labute approximate surface area is 109 Å². The number of halogens is 2. The maximum atomic E-state index is 14.3. The number of aliphatic carboxylic acids is 2. The summed E-state index contributed by atoms with van der Waals surface area (Å²) in [6, 6.07) is 0. The molecule has 20 heavy (non-hydrogen) atoms. The second-order valence-electron chi connectivity index (χ2n) is 3.80. The first-order valence-corrected chi connectivity index (χ1v) is 4.90. The van der Waals surface area contributed by atoms with Crippen molar-refractivity contribution < 1.29 is 38.2 Å². The topological polar surface area (TPSA) is 161 Å². The molecule has 0 fully saturated rings. The highest BCUT2D eigenvalue weighted by Crippen LogP contribution is 2.38. The van der Waals surface area contributed by atoms with E-state index < -0.39 is 52.3 Å². The molecule has 8 nitrogen and oxygen atoms in total. The molecular weight excluding hydrogens is 282 g/mol. The van der Waals surface area contributed by atoms with E-state index in [4.69, 9.17) is 15.9 Å². The fourth-order valence-corrected chi connectivity index (χ4v) is 1.71. The molecule has 0 aromatic rings. The highest BCUT2D eigenvalue weighted by molar-refractivity contribution is 6.11. The fourth-order valence-electron chi connectivity index (χ4n) is 1.71. The molecular formula is C10H8F2N2O6. The predicted octanol–water partition coefficient (Wildman–Crippen LogP) is -1.59. The molecule has 2 atom stereocenters. The van der Waals surface area contributed by atoms with Crippen molar-refractivity contribution in [2.75, 3.05) is 0 Å². The second-order valence-corrected chi connectivity index (χ2v) is 3.80. The summed E-state index contributed by atoms with van der Waals surface area (Å²) in [6.07, 6.45) is -3.09. The minimum absolute atomic E-state index is 0.189. The Morgan fingerprint density at radius 1 is 1.15 bits per heavy atom. The summed E-state index contributed by atoms with van der Waals surface area (Å²) in [5.41, 5.74) is 1.43. The number of carboxylic acid groups (broad SMARTS) is 2. The van der Waals surface area contributed by atoms with E-state index in [0.717, 1.165) is 0 Å². The number of nitrogens with two attached hydrogens (primary N) is 2. The van der Waals surface area contributed by atoms with Gasteiger partial charge in [0.2, 0.25) is 5.91 Å². The number of carboxylic acids is 2. The summed E-state index contributed by atoms with van der Waals surface area (Å²) in [4.78, 5) is 43.8. The van der Waals surface area contributed by atoms with Gasteiger partial charge in [-0.1, -0.05) is 0 Å².